The van der Waals surface area contributed by atoms with Gasteiger partial charge in [-0.1, -0.05) is 34.1 Å². The summed E-state index contributed by atoms with van der Waals surface area (Å²) in [5.41, 5.74) is -1.06. The Morgan fingerprint density at radius 2 is 1.61 bits per heavy atom. The molecule has 0 aromatic rings. The number of carbonyl (C=O) groups is 2. The van der Waals surface area contributed by atoms with Gasteiger partial charge in [-0.15, -0.1) is 0 Å². The molecular formula is C25H42O6. The second-order valence-corrected chi connectivity index (χ2v) is 11.9. The average Bonchev–Trinajstić information content (AvgIpc) is 2.62. The zero-order valence-electron chi connectivity index (χ0n) is 20.2. The Kier molecular flexibility index (Phi) is 6.58. The van der Waals surface area contributed by atoms with Crippen LogP contribution in [0.2, 0.25) is 0 Å². The molecule has 2 N–H and O–H groups in total. The topological polar surface area (TPSA) is 93.1 Å². The first-order valence-corrected chi connectivity index (χ1v) is 11.9. The minimum Gasteiger partial charge on any atom is -0.461 e. The summed E-state index contributed by atoms with van der Waals surface area (Å²) in [5.74, 6) is -0.649. The number of ether oxygens (including phenoxy) is 2. The summed E-state index contributed by atoms with van der Waals surface area (Å²) in [7, 11) is 0. The Hall–Kier alpha value is -1.14. The summed E-state index contributed by atoms with van der Waals surface area (Å²) in [4.78, 5) is 24.6. The SMILES string of the molecule is CC(=O)O[C@@H](CO)COC(=O)[C@H]1[C@@](C)(O)CCC2[C@]3(C)CCCC(C)(C)C3CC[C@@]21C. The van der Waals surface area contributed by atoms with Crippen molar-refractivity contribution >= 4 is 11.9 Å². The van der Waals surface area contributed by atoms with Gasteiger partial charge in [-0.25, -0.2) is 0 Å². The molecule has 7 atom stereocenters. The molecule has 0 heterocycles. The van der Waals surface area contributed by atoms with Crippen LogP contribution >= 0.6 is 0 Å². The largest absolute Gasteiger partial charge is 0.461 e. The third-order valence-corrected chi connectivity index (χ3v) is 9.24. The van der Waals surface area contributed by atoms with Gasteiger partial charge in [0.2, 0.25) is 0 Å². The van der Waals surface area contributed by atoms with Gasteiger partial charge in [0.25, 0.3) is 0 Å². The molecule has 31 heavy (non-hydrogen) atoms. The summed E-state index contributed by atoms with van der Waals surface area (Å²) in [6, 6.07) is 0. The van der Waals surface area contributed by atoms with Crippen LogP contribution < -0.4 is 0 Å². The predicted molar refractivity (Wildman–Crippen MR) is 117 cm³/mol. The lowest BCUT2D eigenvalue weighted by Gasteiger charge is -2.66. The number of hydrogen-bond acceptors (Lipinski definition) is 6. The van der Waals surface area contributed by atoms with E-state index in [1.807, 2.05) is 0 Å². The third-order valence-electron chi connectivity index (χ3n) is 9.24. The van der Waals surface area contributed by atoms with Crippen LogP contribution in [0, 0.1) is 34.0 Å². The fourth-order valence-electron chi connectivity index (χ4n) is 8.12. The van der Waals surface area contributed by atoms with E-state index >= 15 is 0 Å². The molecule has 3 aliphatic rings. The second kappa shape index (κ2) is 8.33. The van der Waals surface area contributed by atoms with Crippen molar-refractivity contribution in [3.8, 4) is 0 Å². The molecule has 6 heteroatoms. The Bertz CT molecular complexity index is 700. The molecule has 0 radical (unpaired) electrons. The van der Waals surface area contributed by atoms with E-state index in [2.05, 4.69) is 27.7 Å². The van der Waals surface area contributed by atoms with E-state index in [1.54, 1.807) is 6.92 Å². The van der Waals surface area contributed by atoms with Crippen LogP contribution in [0.15, 0.2) is 0 Å². The van der Waals surface area contributed by atoms with Crippen molar-refractivity contribution in [3.63, 3.8) is 0 Å². The fraction of sp³-hybridized carbons (Fsp3) is 0.920. The van der Waals surface area contributed by atoms with E-state index in [0.717, 1.165) is 19.3 Å². The van der Waals surface area contributed by atoms with Gasteiger partial charge in [-0.05, 0) is 73.5 Å². The van der Waals surface area contributed by atoms with Crippen molar-refractivity contribution in [2.75, 3.05) is 13.2 Å². The summed E-state index contributed by atoms with van der Waals surface area (Å²) >= 11 is 0. The van der Waals surface area contributed by atoms with Crippen molar-refractivity contribution in [3.05, 3.63) is 0 Å². The maximum absolute atomic E-state index is 13.4. The summed E-state index contributed by atoms with van der Waals surface area (Å²) in [6.45, 7) is 11.8. The quantitative estimate of drug-likeness (QED) is 0.633. The molecule has 3 saturated carbocycles. The normalized spacial score (nSPS) is 42.6. The molecule has 0 bridgehead atoms. The lowest BCUT2D eigenvalue weighted by molar-refractivity contribution is -0.222. The van der Waals surface area contributed by atoms with Gasteiger partial charge in [-0.2, -0.15) is 0 Å². The highest BCUT2D eigenvalue weighted by Gasteiger charge is 2.66. The number of carbonyl (C=O) groups excluding carboxylic acids is 2. The van der Waals surface area contributed by atoms with E-state index in [4.69, 9.17) is 9.47 Å². The van der Waals surface area contributed by atoms with E-state index in [-0.39, 0.29) is 17.4 Å². The Labute approximate surface area is 187 Å². The lowest BCUT2D eigenvalue weighted by Crippen LogP contribution is -2.64. The van der Waals surface area contributed by atoms with Gasteiger partial charge in [0.15, 0.2) is 6.10 Å². The van der Waals surface area contributed by atoms with Gasteiger partial charge in [0.05, 0.1) is 18.1 Å². The molecule has 2 unspecified atom stereocenters. The zero-order valence-corrected chi connectivity index (χ0v) is 20.2. The van der Waals surface area contributed by atoms with Crippen LogP contribution in [-0.2, 0) is 19.1 Å². The second-order valence-electron chi connectivity index (χ2n) is 11.9. The van der Waals surface area contributed by atoms with Gasteiger partial charge in [0.1, 0.15) is 6.61 Å². The molecule has 178 valence electrons. The first-order valence-electron chi connectivity index (χ1n) is 11.9. The summed E-state index contributed by atoms with van der Waals surface area (Å²) < 4.78 is 10.6. The highest BCUT2D eigenvalue weighted by molar-refractivity contribution is 5.75. The number of hydrogen-bond donors (Lipinski definition) is 2. The Morgan fingerprint density at radius 3 is 2.23 bits per heavy atom. The highest BCUT2D eigenvalue weighted by Crippen LogP contribution is 2.69. The molecule has 0 spiro atoms. The molecule has 0 aliphatic heterocycles. The average molecular weight is 439 g/mol. The summed E-state index contributed by atoms with van der Waals surface area (Å²) in [6.07, 6.45) is 6.19. The van der Waals surface area contributed by atoms with E-state index < -0.39 is 36.2 Å². The molecule has 0 saturated heterocycles. The van der Waals surface area contributed by atoms with Crippen molar-refractivity contribution < 1.29 is 29.3 Å². The van der Waals surface area contributed by atoms with Crippen LogP contribution in [0.25, 0.3) is 0 Å². The molecule has 3 aliphatic carbocycles. The molecular weight excluding hydrogens is 396 g/mol. The minimum absolute atomic E-state index is 0.148. The number of aliphatic hydroxyl groups excluding tert-OH is 1. The van der Waals surface area contributed by atoms with Crippen LogP contribution in [-0.4, -0.2) is 47.1 Å². The number of fused-ring (bicyclic) bond motifs is 3. The van der Waals surface area contributed by atoms with E-state index in [9.17, 15) is 19.8 Å². The van der Waals surface area contributed by atoms with E-state index in [1.165, 1.54) is 26.2 Å². The first kappa shape index (κ1) is 24.5. The smallest absolute Gasteiger partial charge is 0.312 e. The predicted octanol–water partition coefficient (Wildman–Crippen LogP) is 3.86. The first-order chi connectivity index (χ1) is 14.3. The van der Waals surface area contributed by atoms with Crippen LogP contribution in [0.3, 0.4) is 0 Å². The molecule has 3 rings (SSSR count). The zero-order chi connectivity index (χ0) is 23.2. The van der Waals surface area contributed by atoms with Gasteiger partial charge < -0.3 is 19.7 Å². The molecule has 0 aromatic heterocycles. The monoisotopic (exact) mass is 438 g/mol. The summed E-state index contributed by atoms with van der Waals surface area (Å²) in [5, 5.41) is 20.8. The number of rotatable bonds is 5. The highest BCUT2D eigenvalue weighted by atomic mass is 16.6. The van der Waals surface area contributed by atoms with Crippen LogP contribution in [0.5, 0.6) is 0 Å². The van der Waals surface area contributed by atoms with Gasteiger partial charge >= 0.3 is 11.9 Å². The van der Waals surface area contributed by atoms with Gasteiger partial charge in [0, 0.05) is 6.92 Å². The molecule has 0 aromatic carbocycles. The third kappa shape index (κ3) is 4.27. The minimum atomic E-state index is -1.15. The maximum Gasteiger partial charge on any atom is 0.312 e. The molecule has 6 nitrogen and oxygen atoms in total. The van der Waals surface area contributed by atoms with Crippen LogP contribution in [0.1, 0.15) is 86.5 Å². The van der Waals surface area contributed by atoms with Crippen molar-refractivity contribution in [1.82, 2.24) is 0 Å². The number of aliphatic hydroxyl groups is 2. The van der Waals surface area contributed by atoms with Crippen molar-refractivity contribution in [2.24, 2.45) is 34.0 Å². The standard InChI is InChI=1S/C25H42O6/c1-16(27)31-17(14-26)15-30-21(28)20-24(5)12-8-18-22(2,3)10-7-11-23(18,4)19(24)9-13-25(20,6)29/h17-20,26,29H,7-15H2,1-6H3/t17-,18?,19?,20+,23+,24-,25-/m0/s1. The number of esters is 2. The Morgan fingerprint density at radius 1 is 0.968 bits per heavy atom. The Balaban J connectivity index is 1.86. The van der Waals surface area contributed by atoms with Crippen LogP contribution in [0.4, 0.5) is 0 Å². The maximum atomic E-state index is 13.4. The van der Waals surface area contributed by atoms with Crippen molar-refractivity contribution in [2.45, 2.75) is 98.2 Å². The molecule has 3 fully saturated rings. The fourth-order valence-corrected chi connectivity index (χ4v) is 8.12. The van der Waals surface area contributed by atoms with Gasteiger partial charge in [-0.3, -0.25) is 9.59 Å². The van der Waals surface area contributed by atoms with Crippen molar-refractivity contribution in [1.29, 1.82) is 0 Å². The lowest BCUT2D eigenvalue weighted by atomic mass is 9.38. The van der Waals surface area contributed by atoms with E-state index in [0.29, 0.717) is 23.7 Å². The molecule has 0 amide bonds.